The second-order valence-electron chi connectivity index (χ2n) is 5.90. The topological polar surface area (TPSA) is 29.5 Å². The number of benzene rings is 2. The Kier molecular flexibility index (Phi) is 4.87. The smallest absolute Gasteiger partial charge is 0.227 e. The number of amides is 1. The van der Waals surface area contributed by atoms with Crippen LogP contribution in [0.4, 0.5) is 0 Å². The average Bonchev–Trinajstić information content (AvgIpc) is 3.07. The van der Waals surface area contributed by atoms with Crippen LogP contribution in [-0.2, 0) is 11.2 Å². The van der Waals surface area contributed by atoms with Crippen molar-refractivity contribution in [2.24, 2.45) is 0 Å². The minimum Gasteiger partial charge on any atom is -0.497 e. The van der Waals surface area contributed by atoms with Crippen molar-refractivity contribution < 1.29 is 9.53 Å². The van der Waals surface area contributed by atoms with E-state index in [1.54, 1.807) is 7.11 Å². The van der Waals surface area contributed by atoms with E-state index in [1.165, 1.54) is 5.56 Å². The number of halogens is 1. The van der Waals surface area contributed by atoms with Crippen molar-refractivity contribution in [1.29, 1.82) is 0 Å². The molecule has 1 aliphatic heterocycles. The second kappa shape index (κ2) is 7.05. The maximum absolute atomic E-state index is 12.4. The van der Waals surface area contributed by atoms with Crippen LogP contribution in [0.15, 0.2) is 48.5 Å². The molecule has 0 bridgehead atoms. The van der Waals surface area contributed by atoms with Gasteiger partial charge in [0.1, 0.15) is 5.75 Å². The summed E-state index contributed by atoms with van der Waals surface area (Å²) in [6, 6.07) is 15.6. The lowest BCUT2D eigenvalue weighted by Crippen LogP contribution is -2.29. The summed E-state index contributed by atoms with van der Waals surface area (Å²) in [6.07, 6.45) is 1.45. The number of carbonyl (C=O) groups is 1. The summed E-state index contributed by atoms with van der Waals surface area (Å²) in [5, 5.41) is 0.696. The van der Waals surface area contributed by atoms with Gasteiger partial charge in [-0.05, 0) is 41.8 Å². The molecule has 2 aromatic carbocycles. The molecule has 120 valence electrons. The third-order valence-corrected chi connectivity index (χ3v) is 4.65. The van der Waals surface area contributed by atoms with E-state index in [1.807, 2.05) is 41.3 Å². The van der Waals surface area contributed by atoms with Gasteiger partial charge in [0.15, 0.2) is 0 Å². The molecule has 1 unspecified atom stereocenters. The number of nitrogens with zero attached hydrogens (tertiary/aromatic N) is 1. The standard InChI is InChI=1S/C19H20ClNO2/c1-23-18-8-4-15(5-9-18)16-10-11-21(13-16)19(22)12-14-2-6-17(20)7-3-14/h2-9,16H,10-13H2,1H3. The Balaban J connectivity index is 1.60. The van der Waals surface area contributed by atoms with Crippen molar-refractivity contribution in [2.75, 3.05) is 20.2 Å². The molecule has 0 saturated carbocycles. The third kappa shape index (κ3) is 3.85. The van der Waals surface area contributed by atoms with Crippen LogP contribution in [0.25, 0.3) is 0 Å². The molecule has 1 heterocycles. The van der Waals surface area contributed by atoms with Crippen molar-refractivity contribution in [1.82, 2.24) is 4.90 Å². The number of hydrogen-bond donors (Lipinski definition) is 0. The van der Waals surface area contributed by atoms with Gasteiger partial charge >= 0.3 is 0 Å². The minimum absolute atomic E-state index is 0.184. The van der Waals surface area contributed by atoms with Crippen LogP contribution in [0.5, 0.6) is 5.75 Å². The van der Waals surface area contributed by atoms with Crippen molar-refractivity contribution in [3.05, 3.63) is 64.7 Å². The Morgan fingerprint density at radius 1 is 1.17 bits per heavy atom. The van der Waals surface area contributed by atoms with Crippen molar-refractivity contribution in [2.45, 2.75) is 18.8 Å². The zero-order chi connectivity index (χ0) is 16.2. The first-order chi connectivity index (χ1) is 11.2. The summed E-state index contributed by atoms with van der Waals surface area (Å²) in [4.78, 5) is 14.4. The molecule has 2 aromatic rings. The van der Waals surface area contributed by atoms with Gasteiger partial charge in [-0.25, -0.2) is 0 Å². The van der Waals surface area contributed by atoms with Gasteiger partial charge in [0.25, 0.3) is 0 Å². The van der Waals surface area contributed by atoms with Crippen molar-refractivity contribution in [3.63, 3.8) is 0 Å². The van der Waals surface area contributed by atoms with E-state index in [2.05, 4.69) is 12.1 Å². The van der Waals surface area contributed by atoms with Gasteiger partial charge in [0, 0.05) is 24.0 Å². The highest BCUT2D eigenvalue weighted by Crippen LogP contribution is 2.28. The summed E-state index contributed by atoms with van der Waals surface area (Å²) in [6.45, 7) is 1.61. The van der Waals surface area contributed by atoms with E-state index in [4.69, 9.17) is 16.3 Å². The molecule has 1 aliphatic rings. The summed E-state index contributed by atoms with van der Waals surface area (Å²) in [5.41, 5.74) is 2.28. The molecule has 1 fully saturated rings. The molecule has 0 aromatic heterocycles. The van der Waals surface area contributed by atoms with Crippen LogP contribution in [0.2, 0.25) is 5.02 Å². The third-order valence-electron chi connectivity index (χ3n) is 4.40. The molecular formula is C19H20ClNO2. The van der Waals surface area contributed by atoms with E-state index in [0.717, 1.165) is 30.8 Å². The van der Waals surface area contributed by atoms with E-state index in [-0.39, 0.29) is 5.91 Å². The number of methoxy groups -OCH3 is 1. The molecule has 1 saturated heterocycles. The Hall–Kier alpha value is -2.00. The number of rotatable bonds is 4. The molecule has 0 radical (unpaired) electrons. The van der Waals surface area contributed by atoms with Gasteiger partial charge in [0.05, 0.1) is 13.5 Å². The van der Waals surface area contributed by atoms with Crippen LogP contribution in [-0.4, -0.2) is 31.0 Å². The van der Waals surface area contributed by atoms with Crippen molar-refractivity contribution in [3.8, 4) is 5.75 Å². The van der Waals surface area contributed by atoms with E-state index in [0.29, 0.717) is 17.4 Å². The zero-order valence-corrected chi connectivity index (χ0v) is 13.9. The molecule has 3 rings (SSSR count). The summed E-state index contributed by atoms with van der Waals surface area (Å²) < 4.78 is 5.19. The first-order valence-corrected chi connectivity index (χ1v) is 8.19. The van der Waals surface area contributed by atoms with Crippen LogP contribution in [0, 0.1) is 0 Å². The number of carbonyl (C=O) groups excluding carboxylic acids is 1. The van der Waals surface area contributed by atoms with Crippen LogP contribution in [0.3, 0.4) is 0 Å². The quantitative estimate of drug-likeness (QED) is 0.851. The molecule has 4 heteroatoms. The SMILES string of the molecule is COc1ccc(C2CCN(C(=O)Cc3ccc(Cl)cc3)C2)cc1. The highest BCUT2D eigenvalue weighted by molar-refractivity contribution is 6.30. The summed E-state index contributed by atoms with van der Waals surface area (Å²) in [7, 11) is 1.67. The largest absolute Gasteiger partial charge is 0.497 e. The van der Waals surface area contributed by atoms with Crippen LogP contribution in [0.1, 0.15) is 23.5 Å². The average molecular weight is 330 g/mol. The first kappa shape index (κ1) is 15.9. The van der Waals surface area contributed by atoms with E-state index >= 15 is 0 Å². The van der Waals surface area contributed by atoms with E-state index in [9.17, 15) is 4.79 Å². The van der Waals surface area contributed by atoms with Gasteiger partial charge in [-0.2, -0.15) is 0 Å². The van der Waals surface area contributed by atoms with Gasteiger partial charge < -0.3 is 9.64 Å². The summed E-state index contributed by atoms with van der Waals surface area (Å²) in [5.74, 6) is 1.46. The fraction of sp³-hybridized carbons (Fsp3) is 0.316. The molecule has 0 aliphatic carbocycles. The molecule has 23 heavy (non-hydrogen) atoms. The number of likely N-dealkylation sites (tertiary alicyclic amines) is 1. The molecule has 0 N–H and O–H groups in total. The maximum Gasteiger partial charge on any atom is 0.227 e. The number of hydrogen-bond acceptors (Lipinski definition) is 2. The predicted molar refractivity (Wildman–Crippen MR) is 92.1 cm³/mol. The molecular weight excluding hydrogens is 310 g/mol. The highest BCUT2D eigenvalue weighted by atomic mass is 35.5. The van der Waals surface area contributed by atoms with Gasteiger partial charge in [-0.15, -0.1) is 0 Å². The normalized spacial score (nSPS) is 17.3. The minimum atomic E-state index is 0.184. The number of ether oxygens (including phenoxy) is 1. The molecule has 3 nitrogen and oxygen atoms in total. The van der Waals surface area contributed by atoms with E-state index < -0.39 is 0 Å². The molecule has 0 spiro atoms. The maximum atomic E-state index is 12.4. The fourth-order valence-corrected chi connectivity index (χ4v) is 3.15. The van der Waals surface area contributed by atoms with Gasteiger partial charge in [-0.1, -0.05) is 35.9 Å². The monoisotopic (exact) mass is 329 g/mol. The lowest BCUT2D eigenvalue weighted by Gasteiger charge is -2.17. The van der Waals surface area contributed by atoms with Crippen LogP contribution >= 0.6 is 11.6 Å². The first-order valence-electron chi connectivity index (χ1n) is 7.82. The predicted octanol–water partition coefficient (Wildman–Crippen LogP) is 3.91. The second-order valence-corrected chi connectivity index (χ2v) is 6.34. The van der Waals surface area contributed by atoms with Crippen LogP contribution < -0.4 is 4.74 Å². The molecule has 1 amide bonds. The zero-order valence-electron chi connectivity index (χ0n) is 13.2. The fourth-order valence-electron chi connectivity index (χ4n) is 3.02. The Labute approximate surface area is 141 Å². The Morgan fingerprint density at radius 2 is 1.87 bits per heavy atom. The van der Waals surface area contributed by atoms with Crippen molar-refractivity contribution >= 4 is 17.5 Å². The van der Waals surface area contributed by atoms with Gasteiger partial charge in [-0.3, -0.25) is 4.79 Å². The Morgan fingerprint density at radius 3 is 2.52 bits per heavy atom. The molecule has 1 atom stereocenters. The van der Waals surface area contributed by atoms with Gasteiger partial charge in [0.2, 0.25) is 5.91 Å². The summed E-state index contributed by atoms with van der Waals surface area (Å²) >= 11 is 5.88. The Bertz CT molecular complexity index is 667. The highest BCUT2D eigenvalue weighted by Gasteiger charge is 2.27. The lowest BCUT2D eigenvalue weighted by atomic mass is 9.98. The lowest BCUT2D eigenvalue weighted by molar-refractivity contribution is -0.129.